The molecule has 2 heterocycles. The number of anilines is 1. The van der Waals surface area contributed by atoms with E-state index in [4.69, 9.17) is 0 Å². The van der Waals surface area contributed by atoms with E-state index in [9.17, 15) is 14.9 Å². The van der Waals surface area contributed by atoms with Gasteiger partial charge in [-0.05, 0) is 13.0 Å². The number of nitro benzene ring substituents is 1. The van der Waals surface area contributed by atoms with E-state index in [0.717, 1.165) is 9.84 Å². The van der Waals surface area contributed by atoms with Gasteiger partial charge in [-0.3, -0.25) is 19.3 Å². The normalized spacial score (nSPS) is 10.7. The number of aromatic nitrogens is 2. The molecule has 106 valence electrons. The number of amides is 1. The first-order chi connectivity index (χ1) is 10.0. The van der Waals surface area contributed by atoms with Crippen molar-refractivity contribution in [1.29, 1.82) is 0 Å². The van der Waals surface area contributed by atoms with E-state index in [1.807, 2.05) is 13.1 Å². The van der Waals surface area contributed by atoms with Crippen LogP contribution in [0.1, 0.15) is 15.4 Å². The molecule has 0 unspecified atom stereocenters. The molecular weight excluding hydrogens is 292 g/mol. The molecule has 0 aliphatic heterocycles. The molecule has 21 heavy (non-hydrogen) atoms. The fourth-order valence-corrected chi connectivity index (χ4v) is 2.72. The van der Waals surface area contributed by atoms with Crippen LogP contribution in [0.2, 0.25) is 0 Å². The number of fused-ring (bicyclic) bond motifs is 1. The smallest absolute Gasteiger partial charge is 0.275 e. The number of rotatable bonds is 3. The summed E-state index contributed by atoms with van der Waals surface area (Å²) in [6.07, 6.45) is 3.52. The summed E-state index contributed by atoms with van der Waals surface area (Å²) >= 11 is 1.49. The van der Waals surface area contributed by atoms with Gasteiger partial charge < -0.3 is 5.32 Å². The number of carbonyl (C=O) groups is 1. The molecule has 1 N–H and O–H groups in total. The number of aryl methyl sites for hydroxylation is 1. The second kappa shape index (κ2) is 4.98. The van der Waals surface area contributed by atoms with Gasteiger partial charge in [0, 0.05) is 35.1 Å². The highest BCUT2D eigenvalue weighted by Gasteiger charge is 2.14. The average molecular weight is 302 g/mol. The van der Waals surface area contributed by atoms with Crippen LogP contribution in [-0.2, 0) is 0 Å². The van der Waals surface area contributed by atoms with Crippen LogP contribution in [0, 0.1) is 17.0 Å². The molecule has 1 aromatic carbocycles. The summed E-state index contributed by atoms with van der Waals surface area (Å²) < 4.78 is 1.78. The van der Waals surface area contributed by atoms with Crippen LogP contribution in [0.5, 0.6) is 0 Å². The Morgan fingerprint density at radius 3 is 2.95 bits per heavy atom. The fourth-order valence-electron chi connectivity index (χ4n) is 1.91. The molecule has 1 amide bonds. The Kier molecular flexibility index (Phi) is 3.15. The van der Waals surface area contributed by atoms with Crippen molar-refractivity contribution < 1.29 is 9.72 Å². The minimum Gasteiger partial charge on any atom is -0.320 e. The molecule has 0 saturated heterocycles. The number of carbonyl (C=O) groups excluding carboxylic acids is 1. The van der Waals surface area contributed by atoms with Gasteiger partial charge in [0.25, 0.3) is 11.6 Å². The Bertz CT molecular complexity index is 821. The largest absolute Gasteiger partial charge is 0.320 e. The Morgan fingerprint density at radius 2 is 2.24 bits per heavy atom. The number of imidazole rings is 1. The van der Waals surface area contributed by atoms with E-state index in [0.29, 0.717) is 5.69 Å². The zero-order valence-corrected chi connectivity index (χ0v) is 11.8. The van der Waals surface area contributed by atoms with E-state index < -0.39 is 10.8 Å². The molecule has 8 heteroatoms. The SMILES string of the molecule is Cc1cn2cc(C(=O)Nc3cccc([N+](=O)[O-])c3)nc2s1. The van der Waals surface area contributed by atoms with Crippen LogP contribution < -0.4 is 5.32 Å². The minimum absolute atomic E-state index is 0.0748. The molecule has 2 aromatic heterocycles. The second-order valence-corrected chi connectivity index (χ2v) is 5.63. The fraction of sp³-hybridized carbons (Fsp3) is 0.0769. The first kappa shape index (κ1) is 13.3. The van der Waals surface area contributed by atoms with Crippen LogP contribution in [0.4, 0.5) is 11.4 Å². The van der Waals surface area contributed by atoms with Crippen LogP contribution in [0.25, 0.3) is 4.96 Å². The maximum Gasteiger partial charge on any atom is 0.275 e. The molecule has 0 bridgehead atoms. The summed E-state index contributed by atoms with van der Waals surface area (Å²) in [6.45, 7) is 1.96. The van der Waals surface area contributed by atoms with Crippen molar-refractivity contribution in [2.45, 2.75) is 6.92 Å². The van der Waals surface area contributed by atoms with Gasteiger partial charge in [-0.25, -0.2) is 4.98 Å². The van der Waals surface area contributed by atoms with Crippen molar-refractivity contribution in [3.05, 3.63) is 57.3 Å². The third-order valence-corrected chi connectivity index (χ3v) is 3.73. The van der Waals surface area contributed by atoms with Crippen molar-refractivity contribution in [3.8, 4) is 0 Å². The lowest BCUT2D eigenvalue weighted by Gasteiger charge is -2.02. The summed E-state index contributed by atoms with van der Waals surface area (Å²) in [5.41, 5.74) is 0.559. The van der Waals surface area contributed by atoms with Crippen LogP contribution in [0.3, 0.4) is 0 Å². The number of thiazole rings is 1. The predicted molar refractivity (Wildman–Crippen MR) is 78.9 cm³/mol. The summed E-state index contributed by atoms with van der Waals surface area (Å²) in [5.74, 6) is -0.399. The van der Waals surface area contributed by atoms with Crippen LogP contribution in [-0.4, -0.2) is 20.2 Å². The van der Waals surface area contributed by atoms with Gasteiger partial charge in [0.15, 0.2) is 4.96 Å². The number of benzene rings is 1. The predicted octanol–water partition coefficient (Wildman–Crippen LogP) is 2.86. The molecule has 0 fully saturated rings. The number of nitro groups is 1. The van der Waals surface area contributed by atoms with E-state index in [-0.39, 0.29) is 11.4 Å². The summed E-state index contributed by atoms with van der Waals surface area (Å²) in [7, 11) is 0. The Labute approximate surface area is 123 Å². The van der Waals surface area contributed by atoms with Gasteiger partial charge in [0.2, 0.25) is 0 Å². The molecule has 7 nitrogen and oxygen atoms in total. The molecule has 0 radical (unpaired) electrons. The first-order valence-corrected chi connectivity index (χ1v) is 6.85. The Hall–Kier alpha value is -2.74. The van der Waals surface area contributed by atoms with Gasteiger partial charge in [0.1, 0.15) is 5.69 Å². The lowest BCUT2D eigenvalue weighted by atomic mass is 10.2. The first-order valence-electron chi connectivity index (χ1n) is 6.04. The topological polar surface area (TPSA) is 89.5 Å². The number of nitrogens with one attached hydrogen (secondary N) is 1. The van der Waals surface area contributed by atoms with Gasteiger partial charge in [-0.1, -0.05) is 6.07 Å². The Morgan fingerprint density at radius 1 is 1.43 bits per heavy atom. The standard InChI is InChI=1S/C13H10N4O3S/c1-8-6-16-7-11(15-13(16)21-8)12(18)14-9-3-2-4-10(5-9)17(19)20/h2-7H,1H3,(H,14,18). The van der Waals surface area contributed by atoms with Crippen LogP contribution in [0.15, 0.2) is 36.7 Å². The molecule has 3 rings (SSSR count). The van der Waals surface area contributed by atoms with E-state index in [1.165, 1.54) is 29.5 Å². The lowest BCUT2D eigenvalue weighted by molar-refractivity contribution is -0.384. The molecule has 0 aliphatic rings. The molecule has 0 atom stereocenters. The molecular formula is C13H10N4O3S. The van der Waals surface area contributed by atoms with E-state index in [1.54, 1.807) is 16.7 Å². The lowest BCUT2D eigenvalue weighted by Crippen LogP contribution is -2.12. The average Bonchev–Trinajstić information content (AvgIpc) is 2.96. The summed E-state index contributed by atoms with van der Waals surface area (Å²) in [6, 6.07) is 5.78. The highest BCUT2D eigenvalue weighted by atomic mass is 32.1. The van der Waals surface area contributed by atoms with E-state index in [2.05, 4.69) is 10.3 Å². The maximum atomic E-state index is 12.1. The third-order valence-electron chi connectivity index (χ3n) is 2.82. The van der Waals surface area contributed by atoms with Gasteiger partial charge in [-0.2, -0.15) is 0 Å². The summed E-state index contributed by atoms with van der Waals surface area (Å²) in [4.78, 5) is 28.3. The van der Waals surface area contributed by atoms with Crippen molar-refractivity contribution in [1.82, 2.24) is 9.38 Å². The van der Waals surface area contributed by atoms with Crippen molar-refractivity contribution in [2.24, 2.45) is 0 Å². The highest BCUT2D eigenvalue weighted by Crippen LogP contribution is 2.19. The van der Waals surface area contributed by atoms with Crippen molar-refractivity contribution in [2.75, 3.05) is 5.32 Å². The maximum absolute atomic E-state index is 12.1. The van der Waals surface area contributed by atoms with Gasteiger partial charge in [0.05, 0.1) is 4.92 Å². The molecule has 3 aromatic rings. The molecule has 0 spiro atoms. The molecule has 0 aliphatic carbocycles. The molecule has 0 saturated carbocycles. The quantitative estimate of drug-likeness (QED) is 0.595. The highest BCUT2D eigenvalue weighted by molar-refractivity contribution is 7.17. The third kappa shape index (κ3) is 2.61. The van der Waals surface area contributed by atoms with Gasteiger partial charge in [-0.15, -0.1) is 11.3 Å². The zero-order chi connectivity index (χ0) is 15.0. The minimum atomic E-state index is -0.509. The van der Waals surface area contributed by atoms with Gasteiger partial charge >= 0.3 is 0 Å². The Balaban J connectivity index is 1.83. The number of nitrogens with zero attached hydrogens (tertiary/aromatic N) is 3. The number of hydrogen-bond donors (Lipinski definition) is 1. The monoisotopic (exact) mass is 302 g/mol. The van der Waals surface area contributed by atoms with Crippen molar-refractivity contribution in [3.63, 3.8) is 0 Å². The summed E-state index contributed by atoms with van der Waals surface area (Å²) in [5, 5.41) is 13.3. The zero-order valence-electron chi connectivity index (χ0n) is 10.9. The number of hydrogen-bond acceptors (Lipinski definition) is 5. The van der Waals surface area contributed by atoms with Crippen molar-refractivity contribution >= 4 is 33.6 Å². The van der Waals surface area contributed by atoms with E-state index >= 15 is 0 Å². The van der Waals surface area contributed by atoms with Crippen LogP contribution >= 0.6 is 11.3 Å². The second-order valence-electron chi connectivity index (χ2n) is 4.42. The number of non-ortho nitro benzene ring substituents is 1.